The van der Waals surface area contributed by atoms with Crippen molar-refractivity contribution in [2.75, 3.05) is 6.61 Å². The Bertz CT molecular complexity index is 896. The second kappa shape index (κ2) is 7.21. The van der Waals surface area contributed by atoms with Gasteiger partial charge in [-0.25, -0.2) is 0 Å². The maximum atomic E-state index is 11.2. The van der Waals surface area contributed by atoms with Crippen molar-refractivity contribution in [1.29, 1.82) is 0 Å². The van der Waals surface area contributed by atoms with Crippen molar-refractivity contribution in [1.82, 2.24) is 5.06 Å². The molecule has 7 nitrogen and oxygen atoms in total. The monoisotopic (exact) mass is 435 g/mol. The second-order valence-electron chi connectivity index (χ2n) is 9.17. The first-order valence-corrected chi connectivity index (χ1v) is 11.2. The summed E-state index contributed by atoms with van der Waals surface area (Å²) in [6, 6.07) is 10.1. The topological polar surface area (TPSA) is 69.6 Å². The molecule has 3 saturated heterocycles. The predicted molar refractivity (Wildman–Crippen MR) is 111 cm³/mol. The van der Waals surface area contributed by atoms with Gasteiger partial charge in [0.05, 0.1) is 12.6 Å². The fraction of sp³-hybridized carbons (Fsp3) is 0.636. The molecule has 1 N–H and O–H groups in total. The summed E-state index contributed by atoms with van der Waals surface area (Å²) >= 11 is 1.67. The Labute approximate surface area is 180 Å². The van der Waals surface area contributed by atoms with Crippen molar-refractivity contribution >= 4 is 21.4 Å². The lowest BCUT2D eigenvalue weighted by Crippen LogP contribution is -2.43. The average Bonchev–Trinajstić information content (AvgIpc) is 3.41. The molecule has 1 aromatic carbocycles. The Morgan fingerprint density at radius 1 is 1.03 bits per heavy atom. The number of rotatable bonds is 4. The summed E-state index contributed by atoms with van der Waals surface area (Å²) in [6.07, 6.45) is -2.14. The second-order valence-corrected chi connectivity index (χ2v) is 10.3. The van der Waals surface area contributed by atoms with E-state index in [1.165, 1.54) is 15.1 Å². The highest BCUT2D eigenvalue weighted by Gasteiger charge is 2.60. The smallest absolute Gasteiger partial charge is 0.164 e. The van der Waals surface area contributed by atoms with Gasteiger partial charge in [0.15, 0.2) is 17.8 Å². The maximum absolute atomic E-state index is 11.2. The molecule has 0 unspecified atom stereocenters. The molecule has 4 heterocycles. The normalized spacial score (nSPS) is 35.9. The molecule has 1 aromatic heterocycles. The SMILES string of the molecule is C[C@H](c1cc2ccccc2s1)N(O)[C@@H]1O[C@@H]([C@H]2COC(C)(C)O2)[C@H]2OC(C)(C)O[C@H]21. The summed E-state index contributed by atoms with van der Waals surface area (Å²) in [5.41, 5.74) is 0. The van der Waals surface area contributed by atoms with Gasteiger partial charge in [-0.15, -0.1) is 11.3 Å². The van der Waals surface area contributed by atoms with Gasteiger partial charge < -0.3 is 28.9 Å². The zero-order valence-electron chi connectivity index (χ0n) is 17.9. The first kappa shape index (κ1) is 20.8. The van der Waals surface area contributed by atoms with Crippen molar-refractivity contribution in [2.45, 2.75) is 82.9 Å². The molecule has 0 spiro atoms. The zero-order chi connectivity index (χ0) is 21.3. The van der Waals surface area contributed by atoms with E-state index in [9.17, 15) is 5.21 Å². The van der Waals surface area contributed by atoms with E-state index < -0.39 is 30.0 Å². The van der Waals surface area contributed by atoms with Crippen LogP contribution in [-0.2, 0) is 23.7 Å². The molecule has 3 aliphatic rings. The van der Waals surface area contributed by atoms with Crippen LogP contribution in [0.5, 0.6) is 0 Å². The fourth-order valence-electron chi connectivity index (χ4n) is 4.56. The highest BCUT2D eigenvalue weighted by atomic mass is 32.1. The van der Waals surface area contributed by atoms with Crippen LogP contribution in [0.25, 0.3) is 10.1 Å². The minimum atomic E-state index is -0.758. The van der Waals surface area contributed by atoms with Crippen LogP contribution in [0.2, 0.25) is 0 Å². The quantitative estimate of drug-likeness (QED) is 0.727. The van der Waals surface area contributed by atoms with Gasteiger partial charge in [0, 0.05) is 9.58 Å². The molecule has 2 aromatic rings. The number of hydroxylamine groups is 2. The molecule has 0 saturated carbocycles. The van der Waals surface area contributed by atoms with Crippen molar-refractivity contribution in [3.63, 3.8) is 0 Å². The molecule has 0 radical (unpaired) electrons. The van der Waals surface area contributed by atoms with Crippen LogP contribution in [0.15, 0.2) is 30.3 Å². The zero-order valence-corrected chi connectivity index (χ0v) is 18.7. The Kier molecular flexibility index (Phi) is 5.00. The first-order chi connectivity index (χ1) is 14.1. The van der Waals surface area contributed by atoms with Crippen LogP contribution in [0.1, 0.15) is 45.5 Å². The maximum Gasteiger partial charge on any atom is 0.164 e. The van der Waals surface area contributed by atoms with Crippen molar-refractivity contribution in [3.8, 4) is 0 Å². The van der Waals surface area contributed by atoms with Gasteiger partial charge in [-0.2, -0.15) is 5.06 Å². The predicted octanol–water partition coefficient (Wildman–Crippen LogP) is 4.05. The number of fused-ring (bicyclic) bond motifs is 2. The van der Waals surface area contributed by atoms with E-state index in [0.717, 1.165) is 4.88 Å². The van der Waals surface area contributed by atoms with Crippen molar-refractivity contribution in [3.05, 3.63) is 35.2 Å². The lowest BCUT2D eigenvalue weighted by Gasteiger charge is -2.32. The van der Waals surface area contributed by atoms with Crippen LogP contribution < -0.4 is 0 Å². The first-order valence-electron chi connectivity index (χ1n) is 10.4. The summed E-state index contributed by atoms with van der Waals surface area (Å²) in [5.74, 6) is -1.42. The molecular formula is C22H29NO6S. The molecule has 30 heavy (non-hydrogen) atoms. The third-order valence-electron chi connectivity index (χ3n) is 5.98. The summed E-state index contributed by atoms with van der Waals surface area (Å²) in [6.45, 7) is 9.91. The minimum absolute atomic E-state index is 0.267. The molecule has 3 aliphatic heterocycles. The summed E-state index contributed by atoms with van der Waals surface area (Å²) < 4.78 is 31.6. The van der Waals surface area contributed by atoms with E-state index in [2.05, 4.69) is 18.2 Å². The third kappa shape index (κ3) is 3.59. The molecule has 3 fully saturated rings. The molecule has 6 atom stereocenters. The van der Waals surface area contributed by atoms with Gasteiger partial charge in [0.25, 0.3) is 0 Å². The number of hydrogen-bond donors (Lipinski definition) is 1. The molecule has 0 amide bonds. The summed E-state index contributed by atoms with van der Waals surface area (Å²) in [4.78, 5) is 1.06. The van der Waals surface area contributed by atoms with Crippen LogP contribution >= 0.6 is 11.3 Å². The Morgan fingerprint density at radius 2 is 1.77 bits per heavy atom. The third-order valence-corrected chi connectivity index (χ3v) is 7.26. The lowest BCUT2D eigenvalue weighted by molar-refractivity contribution is -0.282. The number of ether oxygens (including phenoxy) is 5. The van der Waals surface area contributed by atoms with Gasteiger partial charge in [0.2, 0.25) is 0 Å². The molecule has 0 bridgehead atoms. The van der Waals surface area contributed by atoms with Gasteiger partial charge >= 0.3 is 0 Å². The number of benzene rings is 1. The van der Waals surface area contributed by atoms with Crippen molar-refractivity contribution < 1.29 is 28.9 Å². The Morgan fingerprint density at radius 3 is 2.47 bits per heavy atom. The van der Waals surface area contributed by atoms with Gasteiger partial charge in [-0.1, -0.05) is 18.2 Å². The highest BCUT2D eigenvalue weighted by Crippen LogP contribution is 2.44. The van der Waals surface area contributed by atoms with Gasteiger partial charge in [-0.3, -0.25) is 0 Å². The van der Waals surface area contributed by atoms with E-state index in [-0.39, 0.29) is 18.2 Å². The highest BCUT2D eigenvalue weighted by molar-refractivity contribution is 7.19. The van der Waals surface area contributed by atoms with Crippen LogP contribution in [0, 0.1) is 0 Å². The summed E-state index contributed by atoms with van der Waals surface area (Å²) in [7, 11) is 0. The van der Waals surface area contributed by atoms with E-state index in [1.54, 1.807) is 11.3 Å². The fourth-order valence-corrected chi connectivity index (χ4v) is 5.67. The molecule has 164 valence electrons. The summed E-state index contributed by atoms with van der Waals surface area (Å²) in [5, 5.41) is 13.6. The van der Waals surface area contributed by atoms with E-state index in [0.29, 0.717) is 6.61 Å². The molecule has 5 rings (SSSR count). The number of thiophene rings is 1. The number of nitrogens with zero attached hydrogens (tertiary/aromatic N) is 1. The average molecular weight is 436 g/mol. The van der Waals surface area contributed by atoms with Crippen LogP contribution in [0.3, 0.4) is 0 Å². The van der Waals surface area contributed by atoms with E-state index in [1.807, 2.05) is 46.8 Å². The van der Waals surface area contributed by atoms with Gasteiger partial charge in [-0.05, 0) is 52.1 Å². The Balaban J connectivity index is 1.39. The van der Waals surface area contributed by atoms with E-state index >= 15 is 0 Å². The standard InChI is InChI=1S/C22H29NO6S/c1-12(16-10-13-8-6-7-9-15(13)30-16)23(24)20-19-18(28-22(4,5)29-19)17(26-20)14-11-25-21(2,3)27-14/h6-10,12,14,17-20,24H,11H2,1-5H3/t12-,14-,17+,18-,19-,20-/m1/s1. The molecular weight excluding hydrogens is 406 g/mol. The van der Waals surface area contributed by atoms with E-state index in [4.69, 9.17) is 23.7 Å². The van der Waals surface area contributed by atoms with Crippen molar-refractivity contribution in [2.24, 2.45) is 0 Å². The Hall–Kier alpha value is -1.10. The van der Waals surface area contributed by atoms with Crippen LogP contribution in [0.4, 0.5) is 0 Å². The molecule has 0 aliphatic carbocycles. The lowest BCUT2D eigenvalue weighted by atomic mass is 10.1. The number of hydrogen-bond acceptors (Lipinski definition) is 8. The minimum Gasteiger partial charge on any atom is -0.349 e. The van der Waals surface area contributed by atoms with Crippen LogP contribution in [-0.4, -0.2) is 59.1 Å². The molecule has 8 heteroatoms. The van der Waals surface area contributed by atoms with Gasteiger partial charge in [0.1, 0.15) is 24.4 Å². The largest absolute Gasteiger partial charge is 0.349 e.